The summed E-state index contributed by atoms with van der Waals surface area (Å²) in [5.74, 6) is -1.03. The number of rotatable bonds is 10. The summed E-state index contributed by atoms with van der Waals surface area (Å²) >= 11 is 6.54. The van der Waals surface area contributed by atoms with Gasteiger partial charge in [0.1, 0.15) is 6.61 Å². The summed E-state index contributed by atoms with van der Waals surface area (Å²) in [7, 11) is -3.38. The summed E-state index contributed by atoms with van der Waals surface area (Å²) in [6.45, 7) is 6.65. The van der Waals surface area contributed by atoms with Gasteiger partial charge < -0.3 is 23.6 Å². The smallest absolute Gasteiger partial charge is 0.414 e. The molecule has 10 nitrogen and oxygen atoms in total. The van der Waals surface area contributed by atoms with E-state index >= 15 is 4.11 Å². The van der Waals surface area contributed by atoms with Gasteiger partial charge in [0.05, 0.1) is 43.1 Å². The van der Waals surface area contributed by atoms with E-state index in [1.165, 1.54) is 0 Å². The molecule has 0 radical (unpaired) electrons. The molecule has 4 heterocycles. The number of aromatic nitrogens is 3. The number of cyclic esters (lactones) is 1. The van der Waals surface area contributed by atoms with Crippen molar-refractivity contribution in [2.24, 2.45) is 5.92 Å². The van der Waals surface area contributed by atoms with E-state index in [0.717, 1.165) is 16.8 Å². The van der Waals surface area contributed by atoms with E-state index in [0.29, 0.717) is 48.1 Å². The van der Waals surface area contributed by atoms with E-state index in [1.54, 1.807) is 39.7 Å². The largest absolute Gasteiger partial charge is 0.447 e. The molecule has 0 aliphatic carbocycles. The fraction of sp³-hybridized carbons (Fsp3) is 0.389. The SMILES string of the molecule is C[C@H]1[C@H]([Si](C)(C)F)[C@@H](CCn2cc(C(CO)c3ccccc3)nn2)O[C@]12C(=O)N(Cc1ccc(N3CCOC3=O)cc1)c1ccc(Cl)cc12. The Bertz CT molecular complexity index is 1850. The van der Waals surface area contributed by atoms with Crippen LogP contribution in [0, 0.1) is 5.92 Å². The zero-order valence-electron chi connectivity index (χ0n) is 27.6. The number of hydrogen-bond donors (Lipinski definition) is 1. The quantitative estimate of drug-likeness (QED) is 0.150. The standard InChI is InChI=1S/C36H39ClFN5O5Si/c1-23-33(49(2,3)38)32(15-16-41-21-30(39-40-41)28(22-44)25-7-5-4-6-8-25)48-36(23)29-19-26(37)11-14-31(29)43(34(36)45)20-24-9-12-27(13-10-24)42-17-18-47-35(42)46/h4-14,19,21,23,28,32-33,44H,15-18,20,22H2,1-3H3/t23-,28?,32+,33-,36+/m0/s1. The first-order chi connectivity index (χ1) is 23.5. The second-order valence-electron chi connectivity index (χ2n) is 13.6. The van der Waals surface area contributed by atoms with Gasteiger partial charge in [-0.15, -0.1) is 5.10 Å². The summed E-state index contributed by atoms with van der Waals surface area (Å²) in [6.07, 6.45) is 1.28. The number of benzene rings is 3. The lowest BCUT2D eigenvalue weighted by atomic mass is 9.82. The van der Waals surface area contributed by atoms with Crippen LogP contribution < -0.4 is 9.80 Å². The number of fused-ring (bicyclic) bond motifs is 2. The van der Waals surface area contributed by atoms with E-state index in [9.17, 15) is 14.7 Å². The maximum absolute atomic E-state index is 16.3. The molecule has 2 fully saturated rings. The molecule has 2 saturated heterocycles. The number of nitrogens with zero attached hydrogens (tertiary/aromatic N) is 5. The highest BCUT2D eigenvalue weighted by Crippen LogP contribution is 2.60. The number of aliphatic hydroxyl groups excluding tert-OH is 1. The number of carbonyl (C=O) groups excluding carboxylic acids is 2. The molecule has 5 atom stereocenters. The molecule has 0 saturated carbocycles. The zero-order chi connectivity index (χ0) is 34.5. The second-order valence-corrected chi connectivity index (χ2v) is 17.8. The van der Waals surface area contributed by atoms with Crippen molar-refractivity contribution in [1.82, 2.24) is 15.0 Å². The van der Waals surface area contributed by atoms with E-state index in [-0.39, 0.29) is 31.1 Å². The molecule has 49 heavy (non-hydrogen) atoms. The van der Waals surface area contributed by atoms with Gasteiger partial charge in [0, 0.05) is 40.5 Å². The minimum Gasteiger partial charge on any atom is -0.447 e. The van der Waals surface area contributed by atoms with Crippen molar-refractivity contribution in [2.45, 2.75) is 62.7 Å². The Morgan fingerprint density at radius 1 is 1.10 bits per heavy atom. The number of amides is 2. The Hall–Kier alpha value is -4.10. The maximum Gasteiger partial charge on any atom is 0.414 e. The van der Waals surface area contributed by atoms with Crippen LogP contribution in [0.2, 0.25) is 23.7 Å². The molecule has 1 aromatic heterocycles. The molecule has 1 N–H and O–H groups in total. The molecule has 2 amide bonds. The predicted molar refractivity (Wildman–Crippen MR) is 186 cm³/mol. The predicted octanol–water partition coefficient (Wildman–Crippen LogP) is 6.42. The molecule has 256 valence electrons. The summed E-state index contributed by atoms with van der Waals surface area (Å²) in [5, 5.41) is 19.3. The highest BCUT2D eigenvalue weighted by atomic mass is 35.5. The van der Waals surface area contributed by atoms with Crippen molar-refractivity contribution in [3.63, 3.8) is 0 Å². The molecule has 7 rings (SSSR count). The molecular weight excluding hydrogens is 665 g/mol. The molecule has 1 spiro atoms. The topological polar surface area (TPSA) is 110 Å². The van der Waals surface area contributed by atoms with Crippen LogP contribution in [0.15, 0.2) is 79.0 Å². The first-order valence-electron chi connectivity index (χ1n) is 16.6. The van der Waals surface area contributed by atoms with Gasteiger partial charge in [-0.3, -0.25) is 14.4 Å². The second kappa shape index (κ2) is 13.0. The molecule has 3 aliphatic rings. The van der Waals surface area contributed by atoms with Crippen LogP contribution in [0.4, 0.5) is 20.3 Å². The average molecular weight is 704 g/mol. The van der Waals surface area contributed by atoms with E-state index < -0.39 is 31.6 Å². The number of halogens is 2. The van der Waals surface area contributed by atoms with Gasteiger partial charge >= 0.3 is 6.09 Å². The molecule has 3 aromatic carbocycles. The summed E-state index contributed by atoms with van der Waals surface area (Å²) < 4.78 is 30.0. The monoisotopic (exact) mass is 703 g/mol. The van der Waals surface area contributed by atoms with Crippen molar-refractivity contribution in [3.8, 4) is 0 Å². The van der Waals surface area contributed by atoms with Crippen LogP contribution in [0.3, 0.4) is 0 Å². The van der Waals surface area contributed by atoms with Crippen LogP contribution >= 0.6 is 11.6 Å². The zero-order valence-corrected chi connectivity index (χ0v) is 29.4. The van der Waals surface area contributed by atoms with Crippen LogP contribution in [-0.2, 0) is 33.0 Å². The first-order valence-corrected chi connectivity index (χ1v) is 19.9. The average Bonchev–Trinajstić information content (AvgIpc) is 3.84. The minimum absolute atomic E-state index is 0.115. The molecule has 3 aliphatic heterocycles. The minimum atomic E-state index is -3.38. The number of anilines is 2. The molecule has 1 unspecified atom stereocenters. The molecular formula is C36H39ClFN5O5Si. The van der Waals surface area contributed by atoms with Gasteiger partial charge in [0.2, 0.25) is 8.41 Å². The van der Waals surface area contributed by atoms with Crippen LogP contribution in [-0.4, -0.2) is 66.4 Å². The lowest BCUT2D eigenvalue weighted by molar-refractivity contribution is -0.146. The maximum atomic E-state index is 16.3. The molecule has 0 bridgehead atoms. The van der Waals surface area contributed by atoms with Gasteiger partial charge in [-0.05, 0) is 61.0 Å². The number of carbonyl (C=O) groups is 2. The van der Waals surface area contributed by atoms with E-state index in [4.69, 9.17) is 21.1 Å². The van der Waals surface area contributed by atoms with Crippen molar-refractivity contribution < 1.29 is 28.3 Å². The van der Waals surface area contributed by atoms with Gasteiger partial charge in [-0.1, -0.05) is 66.2 Å². The molecule has 13 heteroatoms. The summed E-state index contributed by atoms with van der Waals surface area (Å²) in [6, 6.07) is 22.5. The molecule has 4 aromatic rings. The van der Waals surface area contributed by atoms with Gasteiger partial charge in [0.15, 0.2) is 5.60 Å². The van der Waals surface area contributed by atoms with E-state index in [1.807, 2.05) is 73.8 Å². The lowest BCUT2D eigenvalue weighted by Crippen LogP contribution is -2.45. The third-order valence-corrected chi connectivity index (χ3v) is 12.9. The Morgan fingerprint density at radius 3 is 2.53 bits per heavy atom. The Morgan fingerprint density at radius 2 is 1.86 bits per heavy atom. The van der Waals surface area contributed by atoms with Gasteiger partial charge in [-0.25, -0.2) is 4.79 Å². The number of ether oxygens (including phenoxy) is 2. The van der Waals surface area contributed by atoms with Crippen LogP contribution in [0.1, 0.15) is 41.6 Å². The van der Waals surface area contributed by atoms with Crippen LogP contribution in [0.5, 0.6) is 0 Å². The third kappa shape index (κ3) is 5.94. The number of aryl methyl sites for hydroxylation is 1. The Labute approximate surface area is 290 Å². The first kappa shape index (κ1) is 33.4. The Balaban J connectivity index is 1.15. The highest BCUT2D eigenvalue weighted by Gasteiger charge is 2.66. The summed E-state index contributed by atoms with van der Waals surface area (Å²) in [5.41, 5.74) is 2.60. The van der Waals surface area contributed by atoms with Crippen molar-refractivity contribution >= 4 is 43.4 Å². The van der Waals surface area contributed by atoms with Gasteiger partial charge in [0.25, 0.3) is 5.91 Å². The number of aliphatic hydroxyl groups is 1. The van der Waals surface area contributed by atoms with Crippen molar-refractivity contribution in [1.29, 1.82) is 0 Å². The number of hydrogen-bond acceptors (Lipinski definition) is 7. The third-order valence-electron chi connectivity index (χ3n) is 10.2. The van der Waals surface area contributed by atoms with Crippen LogP contribution in [0.25, 0.3) is 0 Å². The Kier molecular flexibility index (Phi) is 8.84. The lowest BCUT2D eigenvalue weighted by Gasteiger charge is -2.31. The summed E-state index contributed by atoms with van der Waals surface area (Å²) in [4.78, 5) is 30.0. The fourth-order valence-corrected chi connectivity index (χ4v) is 10.6. The van der Waals surface area contributed by atoms with Gasteiger partial charge in [-0.2, -0.15) is 0 Å². The van der Waals surface area contributed by atoms with E-state index in [2.05, 4.69) is 10.3 Å². The highest BCUT2D eigenvalue weighted by molar-refractivity contribution is 6.72. The normalized spacial score (nSPS) is 24.2. The van der Waals surface area contributed by atoms with Crippen molar-refractivity contribution in [3.05, 3.63) is 106 Å². The fourth-order valence-electron chi connectivity index (χ4n) is 7.94. The van der Waals surface area contributed by atoms with Crippen molar-refractivity contribution in [2.75, 3.05) is 29.6 Å².